The van der Waals surface area contributed by atoms with Crippen molar-refractivity contribution in [3.63, 3.8) is 0 Å². The van der Waals surface area contributed by atoms with Gasteiger partial charge in [0.05, 0.1) is 6.54 Å². The number of likely N-dealkylation sites (tertiary alicyclic amines) is 1. The zero-order valence-corrected chi connectivity index (χ0v) is 17.9. The van der Waals surface area contributed by atoms with Crippen LogP contribution in [0.3, 0.4) is 0 Å². The van der Waals surface area contributed by atoms with Gasteiger partial charge in [-0.25, -0.2) is 9.48 Å². The molecule has 31 heavy (non-hydrogen) atoms. The van der Waals surface area contributed by atoms with E-state index in [-0.39, 0.29) is 11.6 Å². The first-order chi connectivity index (χ1) is 15.0. The molecular weight excluding hydrogens is 390 g/mol. The summed E-state index contributed by atoms with van der Waals surface area (Å²) in [6.07, 6.45) is 4.95. The molecule has 1 spiro atoms. The predicted molar refractivity (Wildman–Crippen MR) is 119 cm³/mol. The van der Waals surface area contributed by atoms with Crippen LogP contribution in [0.5, 0.6) is 0 Å². The number of anilines is 1. The second-order valence-electron chi connectivity index (χ2n) is 9.44. The number of rotatable bonds is 2. The summed E-state index contributed by atoms with van der Waals surface area (Å²) in [5, 5.41) is 6.59. The number of hydrogen-bond donors (Lipinski definition) is 0. The largest absolute Gasteiger partial charge is 0.362 e. The highest BCUT2D eigenvalue weighted by molar-refractivity contribution is 6.02. The van der Waals surface area contributed by atoms with E-state index in [0.717, 1.165) is 53.9 Å². The predicted octanol–water partition coefficient (Wildman–Crippen LogP) is 2.77. The molecule has 2 aromatic carbocycles. The number of carbonyl (C=O) groups excluding carboxylic acids is 1. The van der Waals surface area contributed by atoms with Gasteiger partial charge in [-0.15, -0.1) is 0 Å². The molecule has 1 saturated heterocycles. The molecule has 1 aliphatic carbocycles. The van der Waals surface area contributed by atoms with E-state index in [4.69, 9.17) is 0 Å². The molecule has 0 bridgehead atoms. The van der Waals surface area contributed by atoms with Crippen molar-refractivity contribution in [3.05, 3.63) is 58.3 Å². The topological polar surface area (TPSA) is 63.4 Å². The number of aromatic nitrogens is 3. The van der Waals surface area contributed by atoms with E-state index in [0.29, 0.717) is 18.5 Å². The number of hydrogen-bond acceptors (Lipinski definition) is 4. The van der Waals surface area contributed by atoms with Gasteiger partial charge in [-0.1, -0.05) is 18.2 Å². The van der Waals surface area contributed by atoms with Gasteiger partial charge in [0.2, 0.25) is 0 Å². The van der Waals surface area contributed by atoms with E-state index in [1.54, 1.807) is 11.6 Å². The summed E-state index contributed by atoms with van der Waals surface area (Å²) in [7, 11) is 1.70. The van der Waals surface area contributed by atoms with Gasteiger partial charge < -0.3 is 9.80 Å². The zero-order chi connectivity index (χ0) is 21.2. The summed E-state index contributed by atoms with van der Waals surface area (Å²) in [5.74, 6) is 0.954. The lowest BCUT2D eigenvalue weighted by Gasteiger charge is -2.33. The Bertz CT molecular complexity index is 1250. The summed E-state index contributed by atoms with van der Waals surface area (Å²) in [6, 6.07) is 12.3. The summed E-state index contributed by atoms with van der Waals surface area (Å²) in [5.41, 5.74) is 2.27. The highest BCUT2D eigenvalue weighted by Gasteiger charge is 2.46. The molecule has 0 N–H and O–H groups in total. The van der Waals surface area contributed by atoms with Crippen molar-refractivity contribution in [2.45, 2.75) is 38.8 Å². The fraction of sp³-hybridized carbons (Fsp3) is 0.458. The van der Waals surface area contributed by atoms with Gasteiger partial charge in [-0.05, 0) is 54.7 Å². The maximum absolute atomic E-state index is 13.2. The summed E-state index contributed by atoms with van der Waals surface area (Å²) in [6.45, 7) is 3.79. The monoisotopic (exact) mass is 417 g/mol. The van der Waals surface area contributed by atoms with Crippen molar-refractivity contribution in [2.24, 2.45) is 12.5 Å². The van der Waals surface area contributed by atoms with Crippen LogP contribution in [0.4, 0.5) is 5.69 Å². The minimum absolute atomic E-state index is 0.0542. The number of aryl methyl sites for hydroxylation is 1. The van der Waals surface area contributed by atoms with E-state index in [2.05, 4.69) is 33.1 Å². The third-order valence-corrected chi connectivity index (χ3v) is 7.36. The SMILES string of the molecule is Cn1nc2n(c1=O)CCN(c1cccc3cc(C(=O)N4CCCC5(CC5)C4)ccc13)C2. The minimum atomic E-state index is -0.0542. The third-order valence-electron chi connectivity index (χ3n) is 7.36. The van der Waals surface area contributed by atoms with Crippen LogP contribution in [0.15, 0.2) is 41.2 Å². The molecule has 0 radical (unpaired) electrons. The Hall–Kier alpha value is -3.09. The third kappa shape index (κ3) is 3.06. The van der Waals surface area contributed by atoms with Crippen LogP contribution in [0.1, 0.15) is 41.9 Å². The van der Waals surface area contributed by atoms with Crippen molar-refractivity contribution in [1.82, 2.24) is 19.2 Å². The quantitative estimate of drug-likeness (QED) is 0.643. The van der Waals surface area contributed by atoms with Crippen molar-refractivity contribution in [1.29, 1.82) is 0 Å². The van der Waals surface area contributed by atoms with Crippen LogP contribution in [0, 0.1) is 5.41 Å². The molecule has 3 aliphatic rings. The van der Waals surface area contributed by atoms with Gasteiger partial charge >= 0.3 is 5.69 Å². The number of carbonyl (C=O) groups is 1. The maximum Gasteiger partial charge on any atom is 0.345 e. The first-order valence-corrected chi connectivity index (χ1v) is 11.2. The molecule has 1 aromatic heterocycles. The molecule has 6 rings (SSSR count). The molecule has 7 nitrogen and oxygen atoms in total. The van der Waals surface area contributed by atoms with Crippen molar-refractivity contribution < 1.29 is 4.79 Å². The van der Waals surface area contributed by atoms with Crippen LogP contribution in [0.25, 0.3) is 10.8 Å². The average molecular weight is 418 g/mol. The molecule has 1 amide bonds. The lowest BCUT2D eigenvalue weighted by Crippen LogP contribution is -2.40. The average Bonchev–Trinajstić information content (AvgIpc) is 3.48. The Morgan fingerprint density at radius 3 is 2.77 bits per heavy atom. The molecule has 160 valence electrons. The van der Waals surface area contributed by atoms with Gasteiger partial charge in [0.1, 0.15) is 0 Å². The van der Waals surface area contributed by atoms with Gasteiger partial charge in [0.15, 0.2) is 5.82 Å². The van der Waals surface area contributed by atoms with Crippen molar-refractivity contribution in [3.8, 4) is 0 Å². The van der Waals surface area contributed by atoms with Gasteiger partial charge in [0.25, 0.3) is 5.91 Å². The lowest BCUT2D eigenvalue weighted by molar-refractivity contribution is 0.0655. The molecule has 0 unspecified atom stereocenters. The molecule has 2 fully saturated rings. The minimum Gasteiger partial charge on any atom is -0.362 e. The highest BCUT2D eigenvalue weighted by Crippen LogP contribution is 2.52. The van der Waals surface area contributed by atoms with E-state index in [1.165, 1.54) is 23.9 Å². The number of piperidine rings is 1. The fourth-order valence-corrected chi connectivity index (χ4v) is 5.40. The van der Waals surface area contributed by atoms with Gasteiger partial charge in [-0.3, -0.25) is 9.36 Å². The zero-order valence-electron chi connectivity index (χ0n) is 17.9. The second kappa shape index (κ2) is 6.70. The van der Waals surface area contributed by atoms with Gasteiger partial charge in [0, 0.05) is 49.9 Å². The van der Waals surface area contributed by atoms with E-state index in [9.17, 15) is 9.59 Å². The Kier molecular flexibility index (Phi) is 4.04. The van der Waals surface area contributed by atoms with Crippen LogP contribution in [-0.4, -0.2) is 44.8 Å². The van der Waals surface area contributed by atoms with Gasteiger partial charge in [-0.2, -0.15) is 5.10 Å². The maximum atomic E-state index is 13.2. The molecule has 1 saturated carbocycles. The Morgan fingerprint density at radius 1 is 1.06 bits per heavy atom. The Morgan fingerprint density at radius 2 is 1.94 bits per heavy atom. The molecule has 2 aliphatic heterocycles. The smallest absolute Gasteiger partial charge is 0.345 e. The summed E-state index contributed by atoms with van der Waals surface area (Å²) >= 11 is 0. The molecule has 3 aromatic rings. The van der Waals surface area contributed by atoms with Crippen LogP contribution in [-0.2, 0) is 20.1 Å². The van der Waals surface area contributed by atoms with Crippen molar-refractivity contribution in [2.75, 3.05) is 24.5 Å². The highest BCUT2D eigenvalue weighted by atomic mass is 16.2. The molecule has 7 heteroatoms. The van der Waals surface area contributed by atoms with E-state index in [1.807, 2.05) is 18.2 Å². The number of fused-ring (bicyclic) bond motifs is 2. The standard InChI is InChI=1S/C24H27N5O2/c1-26-23(31)29-13-12-27(15-21(29)25-26)20-5-2-4-17-14-18(6-7-19(17)20)22(30)28-11-3-8-24(16-28)9-10-24/h2,4-7,14H,3,8-13,15-16H2,1H3. The molecule has 3 heterocycles. The van der Waals surface area contributed by atoms with Crippen molar-refractivity contribution >= 4 is 22.4 Å². The van der Waals surface area contributed by atoms with E-state index < -0.39 is 0 Å². The fourth-order valence-electron chi connectivity index (χ4n) is 5.40. The first kappa shape index (κ1) is 18.7. The Labute approximate surface area is 180 Å². The number of amides is 1. The first-order valence-electron chi connectivity index (χ1n) is 11.2. The number of benzene rings is 2. The molecular formula is C24H27N5O2. The van der Waals surface area contributed by atoms with Crippen LogP contribution >= 0.6 is 0 Å². The number of nitrogens with zero attached hydrogens (tertiary/aromatic N) is 5. The second-order valence-corrected chi connectivity index (χ2v) is 9.44. The van der Waals surface area contributed by atoms with E-state index >= 15 is 0 Å². The van der Waals surface area contributed by atoms with Crippen LogP contribution in [0.2, 0.25) is 0 Å². The van der Waals surface area contributed by atoms with Crippen LogP contribution < -0.4 is 10.6 Å². The summed E-state index contributed by atoms with van der Waals surface area (Å²) < 4.78 is 3.16. The Balaban J connectivity index is 1.30. The normalized spacial score (nSPS) is 19.6. The lowest BCUT2D eigenvalue weighted by atomic mass is 9.94. The molecule has 0 atom stereocenters. The summed E-state index contributed by atoms with van der Waals surface area (Å²) in [4.78, 5) is 29.7.